The molecule has 0 atom stereocenters. The third kappa shape index (κ3) is 8.82. The zero-order valence-electron chi connectivity index (χ0n) is 1.62. The first kappa shape index (κ1) is 15.9. The summed E-state index contributed by atoms with van der Waals surface area (Å²) in [5.41, 5.74) is 0. The van der Waals surface area contributed by atoms with Crippen LogP contribution in [0.15, 0.2) is 0 Å². The molecule has 0 saturated heterocycles. The molecule has 0 aromatic rings. The molecule has 0 N–H and O–H groups in total. The van der Waals surface area contributed by atoms with Gasteiger partial charge in [-0.3, -0.25) is 0 Å². The number of hydrogen-bond acceptors (Lipinski definition) is 2. The molecule has 0 amide bonds. The first-order valence-electron chi connectivity index (χ1n) is 0.167. The third-order valence-corrected chi connectivity index (χ3v) is 0. The first-order valence-corrected chi connectivity index (χ1v) is 0.500. The molecular formula is GdOPmS. The molecule has 0 unspecified atom stereocenters. The van der Waals surface area contributed by atoms with Crippen molar-refractivity contribution < 1.29 is 84.5 Å². The quantitative estimate of drug-likeness (QED) is 0.595. The van der Waals surface area contributed by atoms with Crippen LogP contribution in [0.1, 0.15) is 0 Å². The van der Waals surface area contributed by atoms with Crippen molar-refractivity contribution in [2.45, 2.75) is 0 Å². The summed E-state index contributed by atoms with van der Waals surface area (Å²) >= 11 is 2.83. The van der Waals surface area contributed by atoms with Gasteiger partial charge < -0.3 is 0 Å². The standard InChI is InChI=1S/Gd.OS.Pm/c;1-2;. The van der Waals surface area contributed by atoms with Crippen molar-refractivity contribution in [3.05, 3.63) is 0 Å². The van der Waals surface area contributed by atoms with Crippen molar-refractivity contribution in [2.75, 3.05) is 0 Å². The predicted molar refractivity (Wildman–Crippen MR) is 8.14 cm³/mol. The normalized spacial score (nSPS) is 1.00. The number of hydrogen-bond donors (Lipinski definition) is 0. The molecule has 0 heterocycles. The monoisotopic (exact) mass is 351 g/mol. The van der Waals surface area contributed by atoms with Crippen LogP contribution in [0.3, 0.4) is 0 Å². The Bertz CT molecular complexity index is 8.00. The van der Waals surface area contributed by atoms with Gasteiger partial charge >= 0.3 is 0 Å². The molecule has 1 radical (unpaired) electrons. The summed E-state index contributed by atoms with van der Waals surface area (Å²) in [7, 11) is 0. The molecule has 0 saturated carbocycles. The van der Waals surface area contributed by atoms with E-state index in [1.54, 1.807) is 0 Å². The van der Waals surface area contributed by atoms with Crippen molar-refractivity contribution in [2.24, 2.45) is 0 Å². The van der Waals surface area contributed by atoms with Gasteiger partial charge in [0.2, 0.25) is 0 Å². The summed E-state index contributed by atoms with van der Waals surface area (Å²) in [6.07, 6.45) is 0. The molecule has 0 aromatic carbocycles. The van der Waals surface area contributed by atoms with E-state index in [0.29, 0.717) is 0 Å². The average molecular weight is 350 g/mol. The summed E-state index contributed by atoms with van der Waals surface area (Å²) in [6, 6.07) is 0. The molecule has 0 spiro atoms. The second-order valence-electron chi connectivity index (χ2n) is 0. The van der Waals surface area contributed by atoms with Gasteiger partial charge in [0.1, 0.15) is 0 Å². The Hall–Kier alpha value is 2.68. The molecule has 0 fully saturated rings. The smallest absolute Gasteiger partial charge is 0.197 e. The minimum absolute atomic E-state index is 0. The minimum atomic E-state index is 0. The van der Waals surface area contributed by atoms with Crippen LogP contribution in [0.25, 0.3) is 0 Å². The van der Waals surface area contributed by atoms with Crippen LogP contribution in [-0.2, 0) is 12.5 Å². The second-order valence-corrected chi connectivity index (χ2v) is 0. The SMILES string of the molecule is O=S.[Gd].[Pm]. The molecule has 1 nitrogen and oxygen atoms in total. The van der Waals surface area contributed by atoms with Gasteiger partial charge in [0.05, 0.1) is 0 Å². The van der Waals surface area contributed by atoms with Gasteiger partial charge in [0, 0.05) is 80.3 Å². The van der Waals surface area contributed by atoms with E-state index >= 15 is 0 Å². The van der Waals surface area contributed by atoms with E-state index in [4.69, 9.17) is 4.21 Å². The van der Waals surface area contributed by atoms with Gasteiger partial charge in [-0.2, -0.15) is 4.21 Å². The summed E-state index contributed by atoms with van der Waals surface area (Å²) in [6.45, 7) is 0. The minimum Gasteiger partial charge on any atom is -0.197 e. The van der Waals surface area contributed by atoms with Gasteiger partial charge in [-0.1, -0.05) is 0 Å². The van der Waals surface area contributed by atoms with Gasteiger partial charge in [0.25, 0.3) is 0 Å². The zero-order chi connectivity index (χ0) is 2.00. The van der Waals surface area contributed by atoms with Gasteiger partial charge in [-0.25, -0.2) is 0 Å². The van der Waals surface area contributed by atoms with Crippen LogP contribution in [0.2, 0.25) is 0 Å². The van der Waals surface area contributed by atoms with E-state index in [-0.39, 0.29) is 80.3 Å². The van der Waals surface area contributed by atoms with E-state index in [2.05, 4.69) is 12.5 Å². The molecule has 4 heavy (non-hydrogen) atoms. The zero-order valence-corrected chi connectivity index (χ0v) is 7.57. The maximum Gasteiger partial charge on any atom is 0.197 e. The Labute approximate surface area is 94.6 Å². The summed E-state index contributed by atoms with van der Waals surface area (Å²) in [5, 5.41) is 0. The van der Waals surface area contributed by atoms with Crippen LogP contribution in [0.5, 0.6) is 0 Å². The van der Waals surface area contributed by atoms with E-state index in [9.17, 15) is 0 Å². The van der Waals surface area contributed by atoms with Crippen molar-refractivity contribution in [3.8, 4) is 0 Å². The molecule has 0 aliphatic rings. The van der Waals surface area contributed by atoms with E-state index in [1.807, 2.05) is 0 Å². The van der Waals surface area contributed by atoms with Crippen LogP contribution in [-0.4, -0.2) is 4.21 Å². The van der Waals surface area contributed by atoms with Crippen molar-refractivity contribution in [1.29, 1.82) is 0 Å². The van der Waals surface area contributed by atoms with Crippen LogP contribution >= 0.6 is 0 Å². The fraction of sp³-hybridized carbons (Fsp3) is 0. The molecule has 25 valence electrons. The Balaban J connectivity index is -0.00000000500. The third-order valence-electron chi connectivity index (χ3n) is 0. The predicted octanol–water partition coefficient (Wildman–Crippen LogP) is -0.336. The van der Waals surface area contributed by atoms with Gasteiger partial charge in [-0.05, 0) is 0 Å². The van der Waals surface area contributed by atoms with Gasteiger partial charge in [0.15, 0.2) is 12.5 Å². The van der Waals surface area contributed by atoms with Crippen LogP contribution in [0.4, 0.5) is 0 Å². The van der Waals surface area contributed by atoms with E-state index in [0.717, 1.165) is 0 Å². The molecule has 0 aliphatic heterocycles. The molecule has 0 aliphatic carbocycles. The molecule has 0 bridgehead atoms. The Kier molecular flexibility index (Phi) is 68.9. The Morgan fingerprint density at radius 3 is 1.25 bits per heavy atom. The maximum atomic E-state index is 7.83. The van der Waals surface area contributed by atoms with Crippen molar-refractivity contribution in [3.63, 3.8) is 0 Å². The van der Waals surface area contributed by atoms with Gasteiger partial charge in [-0.15, -0.1) is 0 Å². The fourth-order valence-corrected chi connectivity index (χ4v) is 0. The molecular weight excluding hydrogens is 350 g/mol. The Morgan fingerprint density at radius 1 is 1.25 bits per heavy atom. The fourth-order valence-electron chi connectivity index (χ4n) is 0. The largest absolute Gasteiger partial charge is 0.197 e. The van der Waals surface area contributed by atoms with Crippen LogP contribution < -0.4 is 0 Å². The topological polar surface area (TPSA) is 17.1 Å². The molecule has 0 aromatic heterocycles. The summed E-state index contributed by atoms with van der Waals surface area (Å²) < 4.78 is 7.83. The second kappa shape index (κ2) is 17.3. The van der Waals surface area contributed by atoms with E-state index < -0.39 is 0 Å². The first-order chi connectivity index (χ1) is 1.00. The Morgan fingerprint density at radius 2 is 1.25 bits per heavy atom. The van der Waals surface area contributed by atoms with Crippen molar-refractivity contribution in [1.82, 2.24) is 0 Å². The molecule has 0 rings (SSSR count). The summed E-state index contributed by atoms with van der Waals surface area (Å²) in [5.74, 6) is 0. The maximum absolute atomic E-state index is 7.83. The van der Waals surface area contributed by atoms with Crippen LogP contribution in [0, 0.1) is 80.3 Å². The number of rotatable bonds is 0. The van der Waals surface area contributed by atoms with E-state index in [1.165, 1.54) is 0 Å². The average Bonchev–Trinajstić information content (AvgIpc) is 1.00. The van der Waals surface area contributed by atoms with Crippen molar-refractivity contribution >= 4 is 12.5 Å². The molecule has 4 heteroatoms. The summed E-state index contributed by atoms with van der Waals surface area (Å²) in [4.78, 5) is 0.